The van der Waals surface area contributed by atoms with E-state index in [1.165, 1.54) is 4.68 Å². The van der Waals surface area contributed by atoms with Crippen molar-refractivity contribution in [1.82, 2.24) is 20.2 Å². The van der Waals surface area contributed by atoms with Crippen LogP contribution in [0.15, 0.2) is 59.8 Å². The Morgan fingerprint density at radius 3 is 2.75 bits per heavy atom. The number of nitrogens with zero attached hydrogens (tertiary/aromatic N) is 4. The Labute approximate surface area is 170 Å². The third kappa shape index (κ3) is 3.46. The van der Waals surface area contributed by atoms with Crippen molar-refractivity contribution < 1.29 is 9.53 Å². The lowest BCUT2D eigenvalue weighted by Crippen LogP contribution is -2.29. The predicted octanol–water partition coefficient (Wildman–Crippen LogP) is 4.01. The van der Waals surface area contributed by atoms with Gasteiger partial charge >= 0.3 is 5.97 Å². The van der Waals surface area contributed by atoms with Crippen LogP contribution in [0.1, 0.15) is 24.1 Å². The molecule has 1 unspecified atom stereocenters. The molecule has 0 saturated heterocycles. The Bertz CT molecular complexity index is 1070. The number of carbonyl (C=O) groups excluding carboxylic acids is 1. The number of tetrazole rings is 1. The summed E-state index contributed by atoms with van der Waals surface area (Å²) in [7, 11) is 0. The van der Waals surface area contributed by atoms with Crippen LogP contribution in [0.2, 0.25) is 10.0 Å². The standard InChI is InChI=1S/C19H15Cl2N5O2/c1-11-16(18(27)28-10-12-5-3-2-4-6-12)17(26-19(22-11)23-24-25-26)14-8-7-13(20)9-15(14)21/h2-9,17H,10H2,1H3,(H,22,23,25). The molecule has 3 aromatic rings. The molecule has 1 atom stereocenters. The molecule has 1 aliphatic heterocycles. The molecule has 4 rings (SSSR count). The van der Waals surface area contributed by atoms with Gasteiger partial charge in [0.05, 0.1) is 5.57 Å². The van der Waals surface area contributed by atoms with Crippen molar-refractivity contribution in [2.75, 3.05) is 5.32 Å². The fraction of sp³-hybridized carbons (Fsp3) is 0.158. The molecule has 2 aromatic carbocycles. The van der Waals surface area contributed by atoms with Crippen LogP contribution in [-0.4, -0.2) is 26.2 Å². The molecule has 0 radical (unpaired) electrons. The molecule has 0 aliphatic carbocycles. The summed E-state index contributed by atoms with van der Waals surface area (Å²) in [4.78, 5) is 13.0. The SMILES string of the molecule is CC1=C(C(=O)OCc2ccccc2)C(c2ccc(Cl)cc2Cl)n2nnnc2N1. The van der Waals surface area contributed by atoms with E-state index in [1.54, 1.807) is 25.1 Å². The van der Waals surface area contributed by atoms with Crippen molar-refractivity contribution in [2.24, 2.45) is 0 Å². The molecule has 9 heteroatoms. The highest BCUT2D eigenvalue weighted by Crippen LogP contribution is 2.38. The summed E-state index contributed by atoms with van der Waals surface area (Å²) in [5, 5.41) is 15.6. The Morgan fingerprint density at radius 2 is 2.00 bits per heavy atom. The van der Waals surface area contributed by atoms with E-state index in [2.05, 4.69) is 20.8 Å². The molecule has 0 saturated carbocycles. The van der Waals surface area contributed by atoms with E-state index in [0.29, 0.717) is 32.8 Å². The van der Waals surface area contributed by atoms with Crippen LogP contribution in [0.4, 0.5) is 5.95 Å². The number of fused-ring (bicyclic) bond motifs is 1. The van der Waals surface area contributed by atoms with E-state index in [1.807, 2.05) is 30.3 Å². The number of hydrogen-bond acceptors (Lipinski definition) is 6. The third-order valence-corrected chi connectivity index (χ3v) is 4.97. The van der Waals surface area contributed by atoms with Crippen molar-refractivity contribution in [3.63, 3.8) is 0 Å². The van der Waals surface area contributed by atoms with Gasteiger partial charge in [0.1, 0.15) is 12.6 Å². The van der Waals surface area contributed by atoms with Crippen LogP contribution in [0, 0.1) is 0 Å². The lowest BCUT2D eigenvalue weighted by molar-refractivity contribution is -0.140. The van der Waals surface area contributed by atoms with Gasteiger partial charge in [-0.25, -0.2) is 4.79 Å². The van der Waals surface area contributed by atoms with Crippen LogP contribution in [0.25, 0.3) is 0 Å². The minimum absolute atomic E-state index is 0.153. The van der Waals surface area contributed by atoms with Crippen molar-refractivity contribution >= 4 is 35.1 Å². The molecule has 1 aliphatic rings. The van der Waals surface area contributed by atoms with Gasteiger partial charge in [0.25, 0.3) is 0 Å². The number of carbonyl (C=O) groups is 1. The van der Waals surface area contributed by atoms with Gasteiger partial charge in [-0.05, 0) is 35.0 Å². The number of halogens is 2. The molecule has 142 valence electrons. The topological polar surface area (TPSA) is 81.9 Å². The number of esters is 1. The van der Waals surface area contributed by atoms with Gasteiger partial charge < -0.3 is 10.1 Å². The van der Waals surface area contributed by atoms with Gasteiger partial charge in [-0.3, -0.25) is 0 Å². The lowest BCUT2D eigenvalue weighted by Gasteiger charge is -2.28. The monoisotopic (exact) mass is 415 g/mol. The predicted molar refractivity (Wildman–Crippen MR) is 105 cm³/mol. The largest absolute Gasteiger partial charge is 0.457 e. The average molecular weight is 416 g/mol. The summed E-state index contributed by atoms with van der Waals surface area (Å²) in [5.74, 6) is -0.0702. The molecule has 0 fully saturated rings. The first kappa shape index (κ1) is 18.5. The minimum Gasteiger partial charge on any atom is -0.457 e. The summed E-state index contributed by atoms with van der Waals surface area (Å²) in [6, 6.07) is 13.9. The number of aromatic nitrogens is 4. The Kier molecular flexibility index (Phi) is 5.02. The molecule has 28 heavy (non-hydrogen) atoms. The second-order valence-electron chi connectivity index (χ2n) is 6.24. The number of hydrogen-bond donors (Lipinski definition) is 1. The maximum absolute atomic E-state index is 13.0. The number of rotatable bonds is 4. The highest BCUT2D eigenvalue weighted by atomic mass is 35.5. The van der Waals surface area contributed by atoms with Crippen molar-refractivity contribution in [2.45, 2.75) is 19.6 Å². The van der Waals surface area contributed by atoms with E-state index >= 15 is 0 Å². The van der Waals surface area contributed by atoms with Gasteiger partial charge in [-0.1, -0.05) is 64.7 Å². The maximum atomic E-state index is 13.0. The molecule has 1 aromatic heterocycles. The fourth-order valence-electron chi connectivity index (χ4n) is 3.09. The van der Waals surface area contributed by atoms with Crippen LogP contribution in [0.3, 0.4) is 0 Å². The summed E-state index contributed by atoms with van der Waals surface area (Å²) < 4.78 is 7.06. The normalized spacial score (nSPS) is 15.8. The van der Waals surface area contributed by atoms with Crippen LogP contribution >= 0.6 is 23.2 Å². The number of allylic oxidation sites excluding steroid dienone is 1. The molecule has 0 amide bonds. The quantitative estimate of drug-likeness (QED) is 0.648. The van der Waals surface area contributed by atoms with Crippen molar-refractivity contribution in [3.8, 4) is 0 Å². The maximum Gasteiger partial charge on any atom is 0.338 e. The highest BCUT2D eigenvalue weighted by Gasteiger charge is 2.36. The Hall–Kier alpha value is -2.90. The summed E-state index contributed by atoms with van der Waals surface area (Å²) in [6.07, 6.45) is 0. The van der Waals surface area contributed by atoms with Crippen molar-refractivity contribution in [3.05, 3.63) is 81.0 Å². The smallest absolute Gasteiger partial charge is 0.338 e. The second-order valence-corrected chi connectivity index (χ2v) is 7.08. The molecule has 2 heterocycles. The van der Waals surface area contributed by atoms with E-state index in [9.17, 15) is 4.79 Å². The van der Waals surface area contributed by atoms with E-state index in [4.69, 9.17) is 27.9 Å². The van der Waals surface area contributed by atoms with Gasteiger partial charge in [0, 0.05) is 21.3 Å². The number of nitrogens with one attached hydrogen (secondary N) is 1. The van der Waals surface area contributed by atoms with Crippen LogP contribution in [0.5, 0.6) is 0 Å². The zero-order chi connectivity index (χ0) is 19.7. The summed E-state index contributed by atoms with van der Waals surface area (Å²) in [5.41, 5.74) is 2.51. The van der Waals surface area contributed by atoms with Gasteiger partial charge in [-0.2, -0.15) is 4.68 Å². The summed E-state index contributed by atoms with van der Waals surface area (Å²) in [6.45, 7) is 1.92. The zero-order valence-electron chi connectivity index (χ0n) is 14.8. The molecule has 7 nitrogen and oxygen atoms in total. The first-order valence-corrected chi connectivity index (χ1v) is 9.22. The molecular weight excluding hydrogens is 401 g/mol. The van der Waals surface area contributed by atoms with Crippen LogP contribution < -0.4 is 5.32 Å². The number of anilines is 1. The average Bonchev–Trinajstić information content (AvgIpc) is 3.14. The van der Waals surface area contributed by atoms with Crippen molar-refractivity contribution in [1.29, 1.82) is 0 Å². The van der Waals surface area contributed by atoms with E-state index in [0.717, 1.165) is 5.56 Å². The van der Waals surface area contributed by atoms with Gasteiger partial charge in [0.15, 0.2) is 0 Å². The second kappa shape index (κ2) is 7.61. The minimum atomic E-state index is -0.640. The van der Waals surface area contributed by atoms with E-state index in [-0.39, 0.29) is 6.61 Å². The fourth-order valence-corrected chi connectivity index (χ4v) is 3.60. The molecular formula is C19H15Cl2N5O2. The highest BCUT2D eigenvalue weighted by molar-refractivity contribution is 6.35. The first-order chi connectivity index (χ1) is 13.5. The van der Waals surface area contributed by atoms with Crippen LogP contribution in [-0.2, 0) is 16.1 Å². The Morgan fingerprint density at radius 1 is 1.21 bits per heavy atom. The zero-order valence-corrected chi connectivity index (χ0v) is 16.3. The lowest BCUT2D eigenvalue weighted by atomic mass is 9.95. The Balaban J connectivity index is 1.71. The van der Waals surface area contributed by atoms with Gasteiger partial charge in [-0.15, -0.1) is 0 Å². The third-order valence-electron chi connectivity index (χ3n) is 4.40. The van der Waals surface area contributed by atoms with E-state index < -0.39 is 12.0 Å². The number of benzene rings is 2. The first-order valence-electron chi connectivity index (χ1n) is 8.46. The van der Waals surface area contributed by atoms with Gasteiger partial charge in [0.2, 0.25) is 5.95 Å². The molecule has 0 spiro atoms. The summed E-state index contributed by atoms with van der Waals surface area (Å²) >= 11 is 12.5. The molecule has 0 bridgehead atoms. The molecule has 1 N–H and O–H groups in total. The number of ether oxygens (including phenoxy) is 1.